The monoisotopic (exact) mass is 385 g/mol. The Balaban J connectivity index is 4.97. The first kappa shape index (κ1) is 25.7. The Kier molecular flexibility index (Phi) is 12.3. The van der Waals surface area contributed by atoms with E-state index < -0.39 is 24.0 Å². The van der Waals surface area contributed by atoms with Crippen molar-refractivity contribution in [2.45, 2.75) is 72.4 Å². The first-order valence-electron chi connectivity index (χ1n) is 10.00. The van der Waals surface area contributed by atoms with Crippen LogP contribution >= 0.6 is 0 Å². The summed E-state index contributed by atoms with van der Waals surface area (Å²) in [4.78, 5) is 37.3. The highest BCUT2D eigenvalue weighted by Gasteiger charge is 2.32. The summed E-state index contributed by atoms with van der Waals surface area (Å²) in [6.07, 6.45) is 1.48. The molecule has 0 aliphatic rings. The number of aliphatic hydroxyl groups excluding tert-OH is 1. The van der Waals surface area contributed by atoms with Crippen LogP contribution in [0.2, 0.25) is 0 Å². The van der Waals surface area contributed by atoms with Crippen LogP contribution in [0.4, 0.5) is 0 Å². The molecule has 0 saturated carbocycles. The van der Waals surface area contributed by atoms with Gasteiger partial charge < -0.3 is 21.9 Å². The van der Waals surface area contributed by atoms with E-state index in [1.807, 2.05) is 0 Å². The zero-order chi connectivity index (χ0) is 21.1. The number of amides is 1. The van der Waals surface area contributed by atoms with Crippen LogP contribution in [0.3, 0.4) is 0 Å². The lowest BCUT2D eigenvalue weighted by atomic mass is 9.87. The highest BCUT2D eigenvalue weighted by molar-refractivity contribution is 5.93. The van der Waals surface area contributed by atoms with Crippen molar-refractivity contribution >= 4 is 17.5 Å². The summed E-state index contributed by atoms with van der Waals surface area (Å²) >= 11 is 0. The molecule has 0 saturated heterocycles. The quantitative estimate of drug-likeness (QED) is 0.352. The third-order valence-electron chi connectivity index (χ3n) is 4.88. The number of Topliss-reactive ketones (excluding diaryl/α,β-unsaturated/α-hetero) is 2. The molecule has 0 bridgehead atoms. The van der Waals surface area contributed by atoms with Gasteiger partial charge in [-0.3, -0.25) is 14.4 Å². The van der Waals surface area contributed by atoms with Crippen molar-refractivity contribution in [2.75, 3.05) is 13.1 Å². The second kappa shape index (κ2) is 13.0. The predicted molar refractivity (Wildman–Crippen MR) is 107 cm³/mol. The Hall–Kier alpha value is -1.31. The van der Waals surface area contributed by atoms with Crippen molar-refractivity contribution in [2.24, 2.45) is 35.1 Å². The van der Waals surface area contributed by atoms with E-state index in [1.54, 1.807) is 13.8 Å². The number of aliphatic hydroxyl groups is 1. The minimum atomic E-state index is -1.02. The van der Waals surface area contributed by atoms with Gasteiger partial charge in [0.25, 0.3) is 0 Å². The maximum atomic E-state index is 12.6. The number of rotatable bonds is 14. The first-order chi connectivity index (χ1) is 12.5. The van der Waals surface area contributed by atoms with E-state index >= 15 is 0 Å². The molecule has 7 nitrogen and oxygen atoms in total. The highest BCUT2D eigenvalue weighted by atomic mass is 16.3. The third-order valence-corrected chi connectivity index (χ3v) is 4.88. The summed E-state index contributed by atoms with van der Waals surface area (Å²) in [6.45, 7) is 9.38. The molecule has 1 unspecified atom stereocenters. The molecule has 158 valence electrons. The molecule has 0 rings (SSSR count). The van der Waals surface area contributed by atoms with Crippen molar-refractivity contribution in [1.82, 2.24) is 5.32 Å². The van der Waals surface area contributed by atoms with Gasteiger partial charge in [0, 0.05) is 31.3 Å². The second-order valence-electron chi connectivity index (χ2n) is 8.13. The minimum absolute atomic E-state index is 0.0240. The van der Waals surface area contributed by atoms with Crippen LogP contribution in [-0.2, 0) is 14.4 Å². The van der Waals surface area contributed by atoms with Gasteiger partial charge in [-0.2, -0.15) is 0 Å². The molecule has 0 aliphatic heterocycles. The molecule has 0 spiro atoms. The molecule has 0 aromatic heterocycles. The largest absolute Gasteiger partial charge is 0.393 e. The van der Waals surface area contributed by atoms with Crippen LogP contribution in [0.15, 0.2) is 0 Å². The Morgan fingerprint density at radius 1 is 0.963 bits per heavy atom. The number of hydrogen-bond acceptors (Lipinski definition) is 6. The lowest BCUT2D eigenvalue weighted by Gasteiger charge is -2.24. The number of nitrogens with two attached hydrogens (primary N) is 2. The van der Waals surface area contributed by atoms with E-state index in [2.05, 4.69) is 19.2 Å². The minimum Gasteiger partial charge on any atom is -0.393 e. The molecule has 7 heteroatoms. The van der Waals surface area contributed by atoms with Crippen molar-refractivity contribution in [3.05, 3.63) is 0 Å². The SMILES string of the molecule is CC(C)CCCC(CN)C(=O)C[C@H](C(=O)N[C@@H](CN)C(=O)C(C)C)[C@H](C)O. The number of ketones is 2. The molecular formula is C20H39N3O4. The van der Waals surface area contributed by atoms with Crippen LogP contribution in [0.5, 0.6) is 0 Å². The molecule has 0 aliphatic carbocycles. The Morgan fingerprint density at radius 3 is 1.96 bits per heavy atom. The fraction of sp³-hybridized carbons (Fsp3) is 0.850. The van der Waals surface area contributed by atoms with Crippen molar-refractivity contribution in [3.8, 4) is 0 Å². The van der Waals surface area contributed by atoms with Gasteiger partial charge in [0.15, 0.2) is 5.78 Å². The summed E-state index contributed by atoms with van der Waals surface area (Å²) in [6, 6.07) is -0.815. The van der Waals surface area contributed by atoms with E-state index in [0.717, 1.165) is 12.8 Å². The van der Waals surface area contributed by atoms with E-state index in [4.69, 9.17) is 11.5 Å². The number of carbonyl (C=O) groups excluding carboxylic acids is 3. The summed E-state index contributed by atoms with van der Waals surface area (Å²) in [7, 11) is 0. The summed E-state index contributed by atoms with van der Waals surface area (Å²) in [5.74, 6) is -1.78. The molecule has 6 N–H and O–H groups in total. The van der Waals surface area contributed by atoms with E-state index in [-0.39, 0.29) is 42.9 Å². The Labute approximate surface area is 163 Å². The van der Waals surface area contributed by atoms with Gasteiger partial charge in [0.1, 0.15) is 5.78 Å². The molecule has 0 fully saturated rings. The fourth-order valence-electron chi connectivity index (χ4n) is 2.98. The Morgan fingerprint density at radius 2 is 1.56 bits per heavy atom. The topological polar surface area (TPSA) is 136 Å². The van der Waals surface area contributed by atoms with Gasteiger partial charge >= 0.3 is 0 Å². The fourth-order valence-corrected chi connectivity index (χ4v) is 2.98. The lowest BCUT2D eigenvalue weighted by Crippen LogP contribution is -2.51. The smallest absolute Gasteiger partial charge is 0.226 e. The summed E-state index contributed by atoms with van der Waals surface area (Å²) in [5.41, 5.74) is 11.4. The molecule has 27 heavy (non-hydrogen) atoms. The maximum absolute atomic E-state index is 12.6. The maximum Gasteiger partial charge on any atom is 0.226 e. The molecule has 1 amide bonds. The van der Waals surface area contributed by atoms with Crippen molar-refractivity contribution < 1.29 is 19.5 Å². The van der Waals surface area contributed by atoms with Gasteiger partial charge in [-0.05, 0) is 19.3 Å². The highest BCUT2D eigenvalue weighted by Crippen LogP contribution is 2.19. The predicted octanol–water partition coefficient (Wildman–Crippen LogP) is 1.01. The van der Waals surface area contributed by atoms with E-state index in [1.165, 1.54) is 6.92 Å². The molecule has 0 aromatic carbocycles. The number of hydrogen-bond donors (Lipinski definition) is 4. The average Bonchev–Trinajstić information content (AvgIpc) is 2.59. The zero-order valence-corrected chi connectivity index (χ0v) is 17.5. The van der Waals surface area contributed by atoms with Crippen molar-refractivity contribution in [1.29, 1.82) is 0 Å². The molecule has 0 heterocycles. The van der Waals surface area contributed by atoms with Gasteiger partial charge in [-0.15, -0.1) is 0 Å². The standard InChI is InChI=1S/C20H39N3O4/c1-12(2)7-6-8-15(10-21)18(25)9-16(14(5)24)20(27)23-17(11-22)19(26)13(3)4/h12-17,24H,6-11,21-22H2,1-5H3,(H,23,27)/t14-,15?,16-,17-/m0/s1. The summed E-state index contributed by atoms with van der Waals surface area (Å²) < 4.78 is 0. The number of nitrogens with one attached hydrogen (secondary N) is 1. The van der Waals surface area contributed by atoms with Gasteiger partial charge in [-0.1, -0.05) is 40.5 Å². The van der Waals surface area contributed by atoms with Gasteiger partial charge in [0.2, 0.25) is 5.91 Å². The first-order valence-corrected chi connectivity index (χ1v) is 10.00. The Bertz CT molecular complexity index is 478. The van der Waals surface area contributed by atoms with Crippen molar-refractivity contribution in [3.63, 3.8) is 0 Å². The van der Waals surface area contributed by atoms with Crippen LogP contribution < -0.4 is 16.8 Å². The lowest BCUT2D eigenvalue weighted by molar-refractivity contribution is -0.136. The molecule has 0 radical (unpaired) electrons. The van der Waals surface area contributed by atoms with Crippen LogP contribution in [0.1, 0.15) is 60.3 Å². The molecule has 0 aromatic rings. The second-order valence-corrected chi connectivity index (χ2v) is 8.13. The van der Waals surface area contributed by atoms with Crippen LogP contribution in [0.25, 0.3) is 0 Å². The summed E-state index contributed by atoms with van der Waals surface area (Å²) in [5, 5.41) is 12.6. The van der Waals surface area contributed by atoms with E-state index in [9.17, 15) is 19.5 Å². The van der Waals surface area contributed by atoms with Gasteiger partial charge in [-0.25, -0.2) is 0 Å². The molecule has 4 atom stereocenters. The normalized spacial score (nSPS) is 16.1. The van der Waals surface area contributed by atoms with E-state index in [0.29, 0.717) is 12.3 Å². The van der Waals surface area contributed by atoms with Crippen LogP contribution in [-0.4, -0.2) is 47.8 Å². The number of carbonyl (C=O) groups is 3. The average molecular weight is 386 g/mol. The van der Waals surface area contributed by atoms with Crippen LogP contribution in [0, 0.1) is 23.7 Å². The van der Waals surface area contributed by atoms with Gasteiger partial charge in [0.05, 0.1) is 18.1 Å². The molecular weight excluding hydrogens is 346 g/mol. The third kappa shape index (κ3) is 9.44. The zero-order valence-electron chi connectivity index (χ0n) is 17.5.